The maximum Gasteiger partial charge on any atom is 0.217 e. The van der Waals surface area contributed by atoms with Crippen LogP contribution >= 0.6 is 0 Å². The minimum absolute atomic E-state index is 1.29. The van der Waals surface area contributed by atoms with Gasteiger partial charge >= 0.3 is 0 Å². The molecule has 0 fully saturated rings. The first-order valence-electron chi connectivity index (χ1n) is 2.92. The Labute approximate surface area is 60.4 Å². The molecule has 10 heavy (non-hydrogen) atoms. The van der Waals surface area contributed by atoms with Crippen molar-refractivity contribution >= 4 is 0 Å². The van der Waals surface area contributed by atoms with Crippen LogP contribution in [0.15, 0.2) is 0 Å². The van der Waals surface area contributed by atoms with Gasteiger partial charge < -0.3 is 19.7 Å². The highest BCUT2D eigenvalue weighted by Gasteiger charge is 2.42. The van der Waals surface area contributed by atoms with Gasteiger partial charge in [-0.25, -0.2) is 0 Å². The first kappa shape index (κ1) is 9.84. The summed E-state index contributed by atoms with van der Waals surface area (Å²) in [4.78, 5) is 0. The summed E-state index contributed by atoms with van der Waals surface area (Å²) in [5.74, 6) is -3.36. The number of rotatable bonds is 3. The average Bonchev–Trinajstić information content (AvgIpc) is 1.88. The van der Waals surface area contributed by atoms with Gasteiger partial charge in [-0.3, -0.25) is 0 Å². The molecule has 4 nitrogen and oxygen atoms in total. The second-order valence-corrected chi connectivity index (χ2v) is 2.37. The van der Waals surface area contributed by atoms with Crippen LogP contribution in [0.2, 0.25) is 0 Å². The largest absolute Gasteiger partial charge is 0.362 e. The fourth-order valence-electron chi connectivity index (χ4n) is 0.379. The Morgan fingerprint density at radius 2 is 1.10 bits per heavy atom. The third-order valence-electron chi connectivity index (χ3n) is 1.66. The SMILES string of the molecule is CO[C@](C)(O)[C@@](C)(O)OC. The van der Waals surface area contributed by atoms with Gasteiger partial charge in [0.15, 0.2) is 0 Å². The Morgan fingerprint density at radius 3 is 1.20 bits per heavy atom. The molecule has 0 radical (unpaired) electrons. The van der Waals surface area contributed by atoms with Crippen molar-refractivity contribution in [3.05, 3.63) is 0 Å². The molecule has 0 rings (SSSR count). The summed E-state index contributed by atoms with van der Waals surface area (Å²) >= 11 is 0. The molecule has 0 unspecified atom stereocenters. The van der Waals surface area contributed by atoms with Gasteiger partial charge in [0, 0.05) is 14.2 Å². The van der Waals surface area contributed by atoms with E-state index in [1.165, 1.54) is 28.1 Å². The maximum atomic E-state index is 9.25. The average molecular weight is 150 g/mol. The molecule has 2 N–H and O–H groups in total. The van der Waals surface area contributed by atoms with E-state index < -0.39 is 11.6 Å². The number of hydrogen-bond donors (Lipinski definition) is 2. The molecular formula is C6H14O4. The zero-order valence-corrected chi connectivity index (χ0v) is 6.71. The molecule has 0 heterocycles. The van der Waals surface area contributed by atoms with Crippen molar-refractivity contribution in [2.24, 2.45) is 0 Å². The molecule has 0 spiro atoms. The van der Waals surface area contributed by atoms with Crippen molar-refractivity contribution in [2.75, 3.05) is 14.2 Å². The van der Waals surface area contributed by atoms with Crippen LogP contribution in [0.25, 0.3) is 0 Å². The first-order valence-corrected chi connectivity index (χ1v) is 2.92. The van der Waals surface area contributed by atoms with Crippen molar-refractivity contribution in [1.29, 1.82) is 0 Å². The van der Waals surface area contributed by atoms with Crippen molar-refractivity contribution in [3.63, 3.8) is 0 Å². The molecule has 0 aromatic rings. The molecule has 0 saturated carbocycles. The molecule has 0 aliphatic carbocycles. The lowest BCUT2D eigenvalue weighted by Gasteiger charge is -2.35. The topological polar surface area (TPSA) is 58.9 Å². The summed E-state index contributed by atoms with van der Waals surface area (Å²) in [6, 6.07) is 0. The van der Waals surface area contributed by atoms with Crippen LogP contribution in [0, 0.1) is 0 Å². The normalized spacial score (nSPS) is 23.4. The fraction of sp³-hybridized carbons (Fsp3) is 1.00. The molecule has 0 amide bonds. The molecular weight excluding hydrogens is 136 g/mol. The Morgan fingerprint density at radius 1 is 0.900 bits per heavy atom. The van der Waals surface area contributed by atoms with Gasteiger partial charge in [0.05, 0.1) is 0 Å². The zero-order chi connectivity index (χ0) is 8.41. The van der Waals surface area contributed by atoms with E-state index >= 15 is 0 Å². The predicted octanol–water partition coefficient (Wildman–Crippen LogP) is -0.304. The van der Waals surface area contributed by atoms with Gasteiger partial charge in [-0.1, -0.05) is 0 Å². The Bertz CT molecular complexity index is 94.3. The summed E-state index contributed by atoms with van der Waals surface area (Å²) in [7, 11) is 2.57. The molecule has 0 aliphatic heterocycles. The number of ether oxygens (including phenoxy) is 2. The van der Waals surface area contributed by atoms with Crippen LogP contribution in [0.1, 0.15) is 13.8 Å². The lowest BCUT2D eigenvalue weighted by atomic mass is 10.1. The van der Waals surface area contributed by atoms with Crippen LogP contribution in [0.4, 0.5) is 0 Å². The molecule has 0 aromatic carbocycles. The standard InChI is InChI=1S/C6H14O4/c1-5(7,9-3)6(2,8)10-4/h7-8H,1-4H3/t5-,6-/m0/s1. The second-order valence-electron chi connectivity index (χ2n) is 2.37. The lowest BCUT2D eigenvalue weighted by molar-refractivity contribution is -0.356. The van der Waals surface area contributed by atoms with E-state index in [0.717, 1.165) is 0 Å². The van der Waals surface area contributed by atoms with Gasteiger partial charge in [-0.15, -0.1) is 0 Å². The van der Waals surface area contributed by atoms with Crippen LogP contribution in [0.5, 0.6) is 0 Å². The van der Waals surface area contributed by atoms with Crippen molar-refractivity contribution < 1.29 is 19.7 Å². The Hall–Kier alpha value is -0.160. The highest BCUT2D eigenvalue weighted by Crippen LogP contribution is 2.22. The lowest BCUT2D eigenvalue weighted by Crippen LogP contribution is -2.52. The highest BCUT2D eigenvalue weighted by atomic mass is 16.7. The highest BCUT2D eigenvalue weighted by molar-refractivity contribution is 4.75. The molecule has 62 valence electrons. The van der Waals surface area contributed by atoms with Gasteiger partial charge in [0.2, 0.25) is 11.6 Å². The summed E-state index contributed by atoms with van der Waals surface area (Å²) in [6.45, 7) is 2.63. The Balaban J connectivity index is 4.28. The van der Waals surface area contributed by atoms with E-state index in [2.05, 4.69) is 9.47 Å². The quantitative estimate of drug-likeness (QED) is 0.542. The summed E-state index contributed by atoms with van der Waals surface area (Å²) in [6.07, 6.45) is 0. The molecule has 0 bridgehead atoms. The van der Waals surface area contributed by atoms with E-state index in [9.17, 15) is 10.2 Å². The van der Waals surface area contributed by atoms with Gasteiger partial charge in [-0.2, -0.15) is 0 Å². The van der Waals surface area contributed by atoms with Crippen LogP contribution in [-0.2, 0) is 9.47 Å². The van der Waals surface area contributed by atoms with Crippen molar-refractivity contribution in [3.8, 4) is 0 Å². The van der Waals surface area contributed by atoms with Crippen LogP contribution in [0.3, 0.4) is 0 Å². The molecule has 4 heteroatoms. The number of hydrogen-bond acceptors (Lipinski definition) is 4. The molecule has 2 atom stereocenters. The van der Waals surface area contributed by atoms with Crippen LogP contribution in [-0.4, -0.2) is 36.0 Å². The third-order valence-corrected chi connectivity index (χ3v) is 1.66. The third kappa shape index (κ3) is 1.67. The summed E-state index contributed by atoms with van der Waals surface area (Å²) in [5.41, 5.74) is 0. The summed E-state index contributed by atoms with van der Waals surface area (Å²) < 4.78 is 9.15. The van der Waals surface area contributed by atoms with Crippen LogP contribution < -0.4 is 0 Å². The van der Waals surface area contributed by atoms with Crippen molar-refractivity contribution in [2.45, 2.75) is 25.4 Å². The predicted molar refractivity (Wildman–Crippen MR) is 35.3 cm³/mol. The smallest absolute Gasteiger partial charge is 0.217 e. The minimum Gasteiger partial charge on any atom is -0.362 e. The minimum atomic E-state index is -1.68. The molecule has 0 saturated heterocycles. The van der Waals surface area contributed by atoms with Gasteiger partial charge in [0.1, 0.15) is 0 Å². The van der Waals surface area contributed by atoms with Crippen molar-refractivity contribution in [1.82, 2.24) is 0 Å². The first-order chi connectivity index (χ1) is 4.37. The summed E-state index contributed by atoms with van der Waals surface area (Å²) in [5, 5.41) is 18.5. The van der Waals surface area contributed by atoms with E-state index in [1.54, 1.807) is 0 Å². The van der Waals surface area contributed by atoms with E-state index in [0.29, 0.717) is 0 Å². The van der Waals surface area contributed by atoms with E-state index in [-0.39, 0.29) is 0 Å². The maximum absolute atomic E-state index is 9.25. The zero-order valence-electron chi connectivity index (χ0n) is 6.71. The fourth-order valence-corrected chi connectivity index (χ4v) is 0.379. The van der Waals surface area contributed by atoms with E-state index in [1.807, 2.05) is 0 Å². The molecule has 0 aliphatic rings. The monoisotopic (exact) mass is 150 g/mol. The van der Waals surface area contributed by atoms with Gasteiger partial charge in [0.25, 0.3) is 0 Å². The van der Waals surface area contributed by atoms with E-state index in [4.69, 9.17) is 0 Å². The second kappa shape index (κ2) is 2.84. The number of methoxy groups -OCH3 is 2. The molecule has 0 aromatic heterocycles. The van der Waals surface area contributed by atoms with Gasteiger partial charge in [-0.05, 0) is 13.8 Å². The Kier molecular flexibility index (Phi) is 2.79. The number of aliphatic hydroxyl groups is 2.